The average molecular weight is 337 g/mol. The lowest BCUT2D eigenvalue weighted by molar-refractivity contribution is -0.192. The average Bonchev–Trinajstić information content (AvgIpc) is 2.88. The normalized spacial score (nSPS) is 31.1. The van der Waals surface area contributed by atoms with Crippen molar-refractivity contribution in [2.45, 2.75) is 31.5 Å². The fourth-order valence-electron chi connectivity index (χ4n) is 4.01. The van der Waals surface area contributed by atoms with Gasteiger partial charge in [-0.2, -0.15) is 0 Å². The number of hydrogen-bond donors (Lipinski definition) is 0. The first-order valence-electron chi connectivity index (χ1n) is 7.27. The summed E-state index contributed by atoms with van der Waals surface area (Å²) in [6.45, 7) is 1.38. The predicted octanol–water partition coefficient (Wildman–Crippen LogP) is 3.35. The lowest BCUT2D eigenvalue weighted by Crippen LogP contribution is -2.45. The molecule has 106 valence electrons. The van der Waals surface area contributed by atoms with E-state index < -0.39 is 5.79 Å². The van der Waals surface area contributed by atoms with E-state index in [2.05, 4.69) is 22.0 Å². The molecule has 0 N–H and O–H groups in total. The molecular weight excluding hydrogens is 320 g/mol. The van der Waals surface area contributed by atoms with Crippen LogP contribution >= 0.6 is 15.9 Å². The summed E-state index contributed by atoms with van der Waals surface area (Å²) in [5.41, 5.74) is 2.08. The Bertz CT molecular complexity index is 563. The molecule has 2 atom stereocenters. The SMILES string of the molecule is O=C1c2cc(Br)ccc2CC2CC3(CC[C@@H]12)OCCO3. The summed E-state index contributed by atoms with van der Waals surface area (Å²) < 4.78 is 12.6. The third-order valence-electron chi connectivity index (χ3n) is 4.95. The van der Waals surface area contributed by atoms with Crippen LogP contribution in [0.2, 0.25) is 0 Å². The van der Waals surface area contributed by atoms with Crippen LogP contribution in [0.25, 0.3) is 0 Å². The Balaban J connectivity index is 1.66. The van der Waals surface area contributed by atoms with Crippen LogP contribution in [0.4, 0.5) is 0 Å². The van der Waals surface area contributed by atoms with Gasteiger partial charge in [0.25, 0.3) is 0 Å². The van der Waals surface area contributed by atoms with Crippen molar-refractivity contribution < 1.29 is 14.3 Å². The van der Waals surface area contributed by atoms with Gasteiger partial charge in [-0.1, -0.05) is 22.0 Å². The molecule has 0 bridgehead atoms. The number of carbonyl (C=O) groups is 1. The maximum atomic E-state index is 12.7. The largest absolute Gasteiger partial charge is 0.348 e. The molecule has 1 aromatic carbocycles. The number of ether oxygens (including phenoxy) is 2. The van der Waals surface area contributed by atoms with Crippen molar-refractivity contribution in [2.75, 3.05) is 13.2 Å². The highest BCUT2D eigenvalue weighted by Gasteiger charge is 2.48. The first-order valence-corrected chi connectivity index (χ1v) is 8.07. The molecule has 3 nitrogen and oxygen atoms in total. The zero-order valence-electron chi connectivity index (χ0n) is 11.2. The molecule has 1 saturated heterocycles. The Morgan fingerprint density at radius 1 is 1.25 bits per heavy atom. The number of fused-ring (bicyclic) bond motifs is 2. The lowest BCUT2D eigenvalue weighted by atomic mass is 9.66. The first kappa shape index (κ1) is 13.0. The van der Waals surface area contributed by atoms with Crippen molar-refractivity contribution in [1.29, 1.82) is 0 Å². The van der Waals surface area contributed by atoms with Crippen LogP contribution in [0, 0.1) is 11.8 Å². The summed E-state index contributed by atoms with van der Waals surface area (Å²) in [6.07, 6.45) is 3.56. The first-order chi connectivity index (χ1) is 9.67. The van der Waals surface area contributed by atoms with Crippen LogP contribution < -0.4 is 0 Å². The summed E-state index contributed by atoms with van der Waals surface area (Å²) in [5.74, 6) is 0.428. The van der Waals surface area contributed by atoms with Crippen LogP contribution in [-0.2, 0) is 15.9 Å². The monoisotopic (exact) mass is 336 g/mol. The number of benzene rings is 1. The van der Waals surface area contributed by atoms with Crippen molar-refractivity contribution in [1.82, 2.24) is 0 Å². The molecular formula is C16H17BrO3. The molecule has 1 unspecified atom stereocenters. The number of hydrogen-bond acceptors (Lipinski definition) is 3. The van der Waals surface area contributed by atoms with Gasteiger partial charge in [-0.05, 0) is 36.5 Å². The molecule has 20 heavy (non-hydrogen) atoms. The van der Waals surface area contributed by atoms with Crippen molar-refractivity contribution in [2.24, 2.45) is 11.8 Å². The number of rotatable bonds is 0. The standard InChI is InChI=1S/C16H17BrO3/c17-12-2-1-10-7-11-9-16(19-5-6-20-16)4-3-13(11)15(18)14(10)8-12/h1-2,8,11,13H,3-7,9H2/t11?,13-/m1/s1. The molecule has 2 aliphatic carbocycles. The highest BCUT2D eigenvalue weighted by Crippen LogP contribution is 2.46. The van der Waals surface area contributed by atoms with Crippen molar-refractivity contribution in [3.8, 4) is 0 Å². The van der Waals surface area contributed by atoms with Gasteiger partial charge in [0.15, 0.2) is 11.6 Å². The molecule has 1 spiro atoms. The van der Waals surface area contributed by atoms with Crippen LogP contribution in [0.5, 0.6) is 0 Å². The fraction of sp³-hybridized carbons (Fsp3) is 0.562. The Labute approximate surface area is 126 Å². The number of ketones is 1. The summed E-state index contributed by atoms with van der Waals surface area (Å²) >= 11 is 3.46. The third-order valence-corrected chi connectivity index (χ3v) is 5.44. The van der Waals surface area contributed by atoms with Crippen molar-refractivity contribution >= 4 is 21.7 Å². The highest BCUT2D eigenvalue weighted by molar-refractivity contribution is 9.10. The Kier molecular flexibility index (Phi) is 3.02. The zero-order valence-corrected chi connectivity index (χ0v) is 12.8. The number of halogens is 1. The van der Waals surface area contributed by atoms with Gasteiger partial charge in [-0.3, -0.25) is 4.79 Å². The number of carbonyl (C=O) groups excluding carboxylic acids is 1. The van der Waals surface area contributed by atoms with Crippen LogP contribution in [0.15, 0.2) is 22.7 Å². The minimum Gasteiger partial charge on any atom is -0.348 e. The molecule has 1 saturated carbocycles. The van der Waals surface area contributed by atoms with Gasteiger partial charge >= 0.3 is 0 Å². The van der Waals surface area contributed by atoms with E-state index in [9.17, 15) is 4.79 Å². The van der Waals surface area contributed by atoms with E-state index in [1.165, 1.54) is 5.56 Å². The van der Waals surface area contributed by atoms with Crippen LogP contribution in [-0.4, -0.2) is 24.8 Å². The summed E-state index contributed by atoms with van der Waals surface area (Å²) in [6, 6.07) is 6.07. The number of Topliss-reactive ketones (excluding diaryl/α,β-unsaturated/α-hetero) is 1. The molecule has 1 aliphatic heterocycles. The zero-order chi connectivity index (χ0) is 13.7. The van der Waals surface area contributed by atoms with E-state index in [4.69, 9.17) is 9.47 Å². The highest BCUT2D eigenvalue weighted by atomic mass is 79.9. The van der Waals surface area contributed by atoms with E-state index in [1.54, 1.807) is 0 Å². The van der Waals surface area contributed by atoms with Gasteiger partial charge in [-0.25, -0.2) is 0 Å². The molecule has 1 aromatic rings. The molecule has 0 amide bonds. The predicted molar refractivity (Wildman–Crippen MR) is 77.6 cm³/mol. The minimum absolute atomic E-state index is 0.148. The maximum Gasteiger partial charge on any atom is 0.168 e. The summed E-state index contributed by atoms with van der Waals surface area (Å²) in [7, 11) is 0. The molecule has 1 heterocycles. The van der Waals surface area contributed by atoms with E-state index in [-0.39, 0.29) is 5.92 Å². The quantitative estimate of drug-likeness (QED) is 0.728. The van der Waals surface area contributed by atoms with Gasteiger partial charge in [0.1, 0.15) is 0 Å². The fourth-order valence-corrected chi connectivity index (χ4v) is 4.37. The van der Waals surface area contributed by atoms with Crippen LogP contribution in [0.1, 0.15) is 35.2 Å². The second-order valence-corrected chi connectivity index (χ2v) is 7.00. The van der Waals surface area contributed by atoms with E-state index in [0.717, 1.165) is 35.7 Å². The maximum absolute atomic E-state index is 12.7. The Morgan fingerprint density at radius 3 is 2.85 bits per heavy atom. The topological polar surface area (TPSA) is 35.5 Å². The van der Waals surface area contributed by atoms with Gasteiger partial charge < -0.3 is 9.47 Å². The Hall–Kier alpha value is -0.710. The lowest BCUT2D eigenvalue weighted by Gasteiger charge is -2.43. The molecule has 0 aromatic heterocycles. The second kappa shape index (κ2) is 4.65. The second-order valence-electron chi connectivity index (χ2n) is 6.09. The molecule has 3 aliphatic rings. The van der Waals surface area contributed by atoms with E-state index >= 15 is 0 Å². The molecule has 4 rings (SSSR count). The summed E-state index contributed by atoms with van der Waals surface area (Å²) in [4.78, 5) is 12.7. The van der Waals surface area contributed by atoms with Gasteiger partial charge in [0.2, 0.25) is 0 Å². The van der Waals surface area contributed by atoms with Crippen molar-refractivity contribution in [3.63, 3.8) is 0 Å². The van der Waals surface area contributed by atoms with Crippen molar-refractivity contribution in [3.05, 3.63) is 33.8 Å². The van der Waals surface area contributed by atoms with Gasteiger partial charge in [0, 0.05) is 28.8 Å². The minimum atomic E-state index is -0.395. The van der Waals surface area contributed by atoms with E-state index in [0.29, 0.717) is 24.9 Å². The third kappa shape index (κ3) is 1.97. The van der Waals surface area contributed by atoms with E-state index in [1.807, 2.05) is 12.1 Å². The smallest absolute Gasteiger partial charge is 0.168 e. The van der Waals surface area contributed by atoms with Gasteiger partial charge in [0.05, 0.1) is 13.2 Å². The molecule has 0 radical (unpaired) electrons. The summed E-state index contributed by atoms with van der Waals surface area (Å²) in [5, 5.41) is 0. The molecule has 2 fully saturated rings. The van der Waals surface area contributed by atoms with Crippen LogP contribution in [0.3, 0.4) is 0 Å². The Morgan fingerprint density at radius 2 is 2.05 bits per heavy atom. The molecule has 4 heteroatoms. The van der Waals surface area contributed by atoms with Gasteiger partial charge in [-0.15, -0.1) is 0 Å².